The molecule has 0 aliphatic rings. The van der Waals surface area contributed by atoms with Gasteiger partial charge in [0.25, 0.3) is 5.91 Å². The lowest BCUT2D eigenvalue weighted by atomic mass is 10.0. The van der Waals surface area contributed by atoms with Gasteiger partial charge in [0.2, 0.25) is 10.0 Å². The number of nitrogens with zero attached hydrogens (tertiary/aromatic N) is 1. The quantitative estimate of drug-likeness (QED) is 0.639. The lowest BCUT2D eigenvalue weighted by Crippen LogP contribution is -2.26. The maximum Gasteiger partial charge on any atom is 0.259 e. The molecule has 0 saturated carbocycles. The van der Waals surface area contributed by atoms with Crippen LogP contribution in [0.4, 0.5) is 11.4 Å². The minimum atomic E-state index is -3.52. The number of carbonyl (C=O) groups is 1. The first-order chi connectivity index (χ1) is 14.2. The maximum absolute atomic E-state index is 13.0. The summed E-state index contributed by atoms with van der Waals surface area (Å²) < 4.78 is 30.7. The number of methoxy groups -OCH3 is 1. The van der Waals surface area contributed by atoms with E-state index in [1.807, 2.05) is 49.4 Å². The topological polar surface area (TPSA) is 75.7 Å². The average molecular weight is 425 g/mol. The third-order valence-corrected chi connectivity index (χ3v) is 5.98. The molecule has 0 aliphatic heterocycles. The van der Waals surface area contributed by atoms with Gasteiger partial charge < -0.3 is 10.1 Å². The minimum absolute atomic E-state index is 0.362. The number of carbonyl (C=O) groups excluding carboxylic acids is 1. The van der Waals surface area contributed by atoms with Crippen molar-refractivity contribution in [2.45, 2.75) is 6.92 Å². The highest BCUT2D eigenvalue weighted by atomic mass is 32.2. The smallest absolute Gasteiger partial charge is 0.259 e. The van der Waals surface area contributed by atoms with Crippen molar-refractivity contribution in [3.8, 4) is 16.9 Å². The number of hydrogen-bond acceptors (Lipinski definition) is 4. The summed E-state index contributed by atoms with van der Waals surface area (Å²) in [7, 11) is -0.560. The highest BCUT2D eigenvalue weighted by molar-refractivity contribution is 7.92. The summed E-state index contributed by atoms with van der Waals surface area (Å²) in [6, 6.07) is 20.2. The van der Waals surface area contributed by atoms with Crippen molar-refractivity contribution in [3.05, 3.63) is 77.9 Å². The molecule has 7 heteroatoms. The number of hydrogen-bond donors (Lipinski definition) is 1. The van der Waals surface area contributed by atoms with Crippen LogP contribution in [0, 0.1) is 6.92 Å². The van der Waals surface area contributed by atoms with Crippen molar-refractivity contribution in [1.82, 2.24) is 0 Å². The molecule has 0 aliphatic carbocycles. The molecule has 30 heavy (non-hydrogen) atoms. The van der Waals surface area contributed by atoms with Crippen molar-refractivity contribution in [2.24, 2.45) is 0 Å². The molecule has 0 unspecified atom stereocenters. The van der Waals surface area contributed by atoms with Gasteiger partial charge in [-0.05, 0) is 47.9 Å². The van der Waals surface area contributed by atoms with Gasteiger partial charge in [0.1, 0.15) is 5.75 Å². The molecule has 1 amide bonds. The molecule has 3 aromatic carbocycles. The van der Waals surface area contributed by atoms with Crippen LogP contribution in [0.3, 0.4) is 0 Å². The van der Waals surface area contributed by atoms with Crippen molar-refractivity contribution in [3.63, 3.8) is 0 Å². The second-order valence-electron chi connectivity index (χ2n) is 6.99. The van der Waals surface area contributed by atoms with Crippen LogP contribution in [0.1, 0.15) is 15.9 Å². The predicted molar refractivity (Wildman–Crippen MR) is 121 cm³/mol. The van der Waals surface area contributed by atoms with Crippen molar-refractivity contribution < 1.29 is 17.9 Å². The fourth-order valence-electron chi connectivity index (χ4n) is 3.08. The lowest BCUT2D eigenvalue weighted by Gasteiger charge is -2.22. The van der Waals surface area contributed by atoms with Gasteiger partial charge in [0.05, 0.1) is 30.3 Å². The molecule has 156 valence electrons. The summed E-state index contributed by atoms with van der Waals surface area (Å²) in [5.74, 6) is 0.0601. The fraction of sp³-hybridized carbons (Fsp3) is 0.174. The zero-order chi connectivity index (χ0) is 21.9. The molecular weight excluding hydrogens is 400 g/mol. The number of nitrogens with one attached hydrogen (secondary N) is 1. The summed E-state index contributed by atoms with van der Waals surface area (Å²) in [6.07, 6.45) is 1.12. The summed E-state index contributed by atoms with van der Waals surface area (Å²) in [4.78, 5) is 13.0. The summed E-state index contributed by atoms with van der Waals surface area (Å²) in [5.41, 5.74) is 3.89. The van der Waals surface area contributed by atoms with Gasteiger partial charge in [0.15, 0.2) is 0 Å². The number of amides is 1. The van der Waals surface area contributed by atoms with E-state index in [1.165, 1.54) is 14.2 Å². The first-order valence-electron chi connectivity index (χ1n) is 9.30. The third kappa shape index (κ3) is 4.63. The van der Waals surface area contributed by atoms with Crippen LogP contribution < -0.4 is 14.4 Å². The molecule has 6 nitrogen and oxygen atoms in total. The number of rotatable bonds is 6. The van der Waals surface area contributed by atoms with E-state index in [1.54, 1.807) is 24.3 Å². The molecule has 0 heterocycles. The van der Waals surface area contributed by atoms with Gasteiger partial charge in [-0.2, -0.15) is 0 Å². The van der Waals surface area contributed by atoms with Crippen LogP contribution in [0.2, 0.25) is 0 Å². The Morgan fingerprint density at radius 2 is 1.67 bits per heavy atom. The highest BCUT2D eigenvalue weighted by Crippen LogP contribution is 2.33. The van der Waals surface area contributed by atoms with E-state index in [-0.39, 0.29) is 5.91 Å². The highest BCUT2D eigenvalue weighted by Gasteiger charge is 2.20. The van der Waals surface area contributed by atoms with E-state index >= 15 is 0 Å². The Kier molecular flexibility index (Phi) is 6.12. The average Bonchev–Trinajstić information content (AvgIpc) is 2.73. The van der Waals surface area contributed by atoms with E-state index in [9.17, 15) is 13.2 Å². The van der Waals surface area contributed by atoms with Crippen LogP contribution in [0.15, 0.2) is 66.7 Å². The van der Waals surface area contributed by atoms with Gasteiger partial charge in [-0.25, -0.2) is 8.42 Å². The molecule has 0 bridgehead atoms. The van der Waals surface area contributed by atoms with Crippen LogP contribution in [-0.2, 0) is 10.0 Å². The standard InChI is InChI=1S/C23H24N2O4S/c1-16-10-12-19(22(14-16)29-3)23(26)24-20-15-18(17-8-6-5-7-9-17)11-13-21(20)25(2)30(4,27)28/h5-15H,1-4H3,(H,24,26). The van der Waals surface area contributed by atoms with E-state index < -0.39 is 10.0 Å². The summed E-state index contributed by atoms with van der Waals surface area (Å²) >= 11 is 0. The maximum atomic E-state index is 13.0. The zero-order valence-electron chi connectivity index (χ0n) is 17.3. The van der Waals surface area contributed by atoms with Gasteiger partial charge in [-0.1, -0.05) is 42.5 Å². The van der Waals surface area contributed by atoms with Crippen LogP contribution in [0.5, 0.6) is 5.75 Å². The lowest BCUT2D eigenvalue weighted by molar-refractivity contribution is 0.102. The van der Waals surface area contributed by atoms with E-state index in [0.29, 0.717) is 22.7 Å². The third-order valence-electron chi connectivity index (χ3n) is 4.79. The van der Waals surface area contributed by atoms with Crippen molar-refractivity contribution in [2.75, 3.05) is 30.0 Å². The Hall–Kier alpha value is -3.32. The van der Waals surface area contributed by atoms with E-state index in [0.717, 1.165) is 27.3 Å². The fourth-order valence-corrected chi connectivity index (χ4v) is 3.59. The van der Waals surface area contributed by atoms with Gasteiger partial charge in [-0.15, -0.1) is 0 Å². The van der Waals surface area contributed by atoms with Gasteiger partial charge in [0, 0.05) is 7.05 Å². The van der Waals surface area contributed by atoms with Crippen molar-refractivity contribution in [1.29, 1.82) is 0 Å². The molecule has 0 saturated heterocycles. The molecule has 0 fully saturated rings. The predicted octanol–water partition coefficient (Wildman–Crippen LogP) is 4.32. The molecule has 1 N–H and O–H groups in total. The normalized spacial score (nSPS) is 11.1. The molecule has 0 aromatic heterocycles. The number of anilines is 2. The SMILES string of the molecule is COc1cc(C)ccc1C(=O)Nc1cc(-c2ccccc2)ccc1N(C)S(C)(=O)=O. The zero-order valence-corrected chi connectivity index (χ0v) is 18.2. The minimum Gasteiger partial charge on any atom is -0.496 e. The van der Waals surface area contributed by atoms with Crippen LogP contribution >= 0.6 is 0 Å². The Labute approximate surface area is 177 Å². The molecule has 0 atom stereocenters. The van der Waals surface area contributed by atoms with Gasteiger partial charge >= 0.3 is 0 Å². The second kappa shape index (κ2) is 8.59. The number of benzene rings is 3. The van der Waals surface area contributed by atoms with Crippen LogP contribution in [0.25, 0.3) is 11.1 Å². The molecule has 0 radical (unpaired) electrons. The van der Waals surface area contributed by atoms with E-state index in [4.69, 9.17) is 4.74 Å². The largest absolute Gasteiger partial charge is 0.496 e. The Balaban J connectivity index is 2.07. The first-order valence-corrected chi connectivity index (χ1v) is 11.1. The monoisotopic (exact) mass is 424 g/mol. The van der Waals surface area contributed by atoms with Crippen molar-refractivity contribution >= 4 is 27.3 Å². The molecule has 3 rings (SSSR count). The molecule has 0 spiro atoms. The Morgan fingerprint density at radius 3 is 2.30 bits per heavy atom. The van der Waals surface area contributed by atoms with Crippen LogP contribution in [-0.4, -0.2) is 34.7 Å². The molecular formula is C23H24N2O4S. The van der Waals surface area contributed by atoms with Gasteiger partial charge in [-0.3, -0.25) is 9.10 Å². The van der Waals surface area contributed by atoms with E-state index in [2.05, 4.69) is 5.32 Å². The Morgan fingerprint density at radius 1 is 0.967 bits per heavy atom. The Bertz CT molecular complexity index is 1180. The summed E-state index contributed by atoms with van der Waals surface area (Å²) in [5, 5.41) is 2.86. The molecule has 3 aromatic rings. The first kappa shape index (κ1) is 21.4. The summed E-state index contributed by atoms with van der Waals surface area (Å²) in [6.45, 7) is 1.91. The number of ether oxygens (including phenoxy) is 1. The number of aryl methyl sites for hydroxylation is 1. The second-order valence-corrected chi connectivity index (χ2v) is 9.00. The number of sulfonamides is 1.